The van der Waals surface area contributed by atoms with Crippen molar-refractivity contribution in [1.82, 2.24) is 20.5 Å². The van der Waals surface area contributed by atoms with Crippen molar-refractivity contribution in [2.45, 2.75) is 13.1 Å². The Kier molecular flexibility index (Phi) is 5.53. The fraction of sp³-hybridized carbons (Fsp3) is 0.111. The molecule has 0 aliphatic heterocycles. The van der Waals surface area contributed by atoms with Crippen molar-refractivity contribution in [1.29, 1.82) is 0 Å². The molecule has 1 aromatic carbocycles. The van der Waals surface area contributed by atoms with E-state index in [0.29, 0.717) is 23.9 Å². The zero-order valence-corrected chi connectivity index (χ0v) is 14.1. The first-order valence-corrected chi connectivity index (χ1v) is 8.07. The fourth-order valence-corrected chi connectivity index (χ4v) is 2.24. The predicted octanol–water partition coefficient (Wildman–Crippen LogP) is 3.07. The molecule has 0 fully saturated rings. The number of rotatable bonds is 6. The van der Waals surface area contributed by atoms with Gasteiger partial charge in [-0.25, -0.2) is 0 Å². The quantitative estimate of drug-likeness (QED) is 0.712. The Hall–Kier alpha value is -2.99. The third-order valence-corrected chi connectivity index (χ3v) is 3.74. The van der Waals surface area contributed by atoms with Crippen LogP contribution in [0.4, 0.5) is 5.82 Å². The van der Waals surface area contributed by atoms with Crippen LogP contribution in [0.25, 0.3) is 0 Å². The number of pyridine rings is 1. The Morgan fingerprint density at radius 3 is 2.28 bits per heavy atom. The highest BCUT2D eigenvalue weighted by Gasteiger charge is 2.08. The molecule has 0 saturated carbocycles. The summed E-state index contributed by atoms with van der Waals surface area (Å²) in [6.07, 6.45) is 3.47. The van der Waals surface area contributed by atoms with E-state index in [1.54, 1.807) is 36.7 Å². The van der Waals surface area contributed by atoms with Crippen LogP contribution in [0.15, 0.2) is 60.9 Å². The van der Waals surface area contributed by atoms with Gasteiger partial charge in [-0.2, -0.15) is 0 Å². The van der Waals surface area contributed by atoms with Crippen molar-refractivity contribution in [3.63, 3.8) is 0 Å². The fourth-order valence-electron chi connectivity index (χ4n) is 2.12. The van der Waals surface area contributed by atoms with Crippen molar-refractivity contribution < 1.29 is 4.79 Å². The van der Waals surface area contributed by atoms with Crippen molar-refractivity contribution in [2.75, 3.05) is 5.32 Å². The summed E-state index contributed by atoms with van der Waals surface area (Å²) >= 11 is 5.84. The number of amides is 1. The first-order valence-electron chi connectivity index (χ1n) is 7.70. The molecule has 25 heavy (non-hydrogen) atoms. The van der Waals surface area contributed by atoms with Crippen molar-refractivity contribution in [3.8, 4) is 0 Å². The molecule has 0 saturated heterocycles. The summed E-state index contributed by atoms with van der Waals surface area (Å²) in [7, 11) is 0. The minimum absolute atomic E-state index is 0.267. The molecule has 3 aromatic rings. The first kappa shape index (κ1) is 16.9. The number of aromatic nitrogens is 3. The lowest BCUT2D eigenvalue weighted by Crippen LogP contribution is -2.24. The second-order valence-corrected chi connectivity index (χ2v) is 5.76. The van der Waals surface area contributed by atoms with Gasteiger partial charge in [0.2, 0.25) is 0 Å². The summed E-state index contributed by atoms with van der Waals surface area (Å²) in [5, 5.41) is 14.6. The highest BCUT2D eigenvalue weighted by atomic mass is 35.5. The molecule has 0 radical (unpaired) electrons. The molecule has 2 heterocycles. The molecule has 0 unspecified atom stereocenters. The van der Waals surface area contributed by atoms with Crippen molar-refractivity contribution in [3.05, 3.63) is 82.8 Å². The molecule has 3 rings (SSSR count). The largest absolute Gasteiger partial charge is 0.365 e. The van der Waals surface area contributed by atoms with Crippen LogP contribution in [0, 0.1) is 0 Å². The number of nitrogens with one attached hydrogen (secondary N) is 2. The zero-order chi connectivity index (χ0) is 17.5. The number of benzene rings is 1. The Labute approximate surface area is 150 Å². The highest BCUT2D eigenvalue weighted by Crippen LogP contribution is 2.09. The van der Waals surface area contributed by atoms with Crippen LogP contribution in [-0.2, 0) is 13.1 Å². The summed E-state index contributed by atoms with van der Waals surface area (Å²) < 4.78 is 0. The second-order valence-electron chi connectivity index (χ2n) is 5.32. The summed E-state index contributed by atoms with van der Waals surface area (Å²) in [5.74, 6) is 0.328. The van der Waals surface area contributed by atoms with Crippen LogP contribution in [0.2, 0.25) is 5.02 Å². The van der Waals surface area contributed by atoms with Gasteiger partial charge in [-0.05, 0) is 47.5 Å². The summed E-state index contributed by atoms with van der Waals surface area (Å²) in [6, 6.07) is 14.5. The Balaban J connectivity index is 1.52. The van der Waals surface area contributed by atoms with E-state index in [9.17, 15) is 4.79 Å². The topological polar surface area (TPSA) is 79.8 Å². The molecular formula is C18H16ClN5O. The van der Waals surface area contributed by atoms with Gasteiger partial charge < -0.3 is 10.6 Å². The molecule has 0 aliphatic carbocycles. The van der Waals surface area contributed by atoms with Crippen LogP contribution in [0.1, 0.15) is 21.6 Å². The van der Waals surface area contributed by atoms with E-state index < -0.39 is 0 Å². The lowest BCUT2D eigenvalue weighted by Gasteiger charge is -2.07. The second kappa shape index (κ2) is 8.21. The standard InChI is InChI=1S/C18H16ClN5O/c19-15-3-1-13(2-4-15)12-22-18(25)16-5-6-17(24-23-16)21-11-14-7-9-20-10-8-14/h1-10H,11-12H2,(H,21,24)(H,22,25). The molecule has 0 spiro atoms. The number of hydrogen-bond acceptors (Lipinski definition) is 5. The summed E-state index contributed by atoms with van der Waals surface area (Å²) in [4.78, 5) is 16.1. The minimum Gasteiger partial charge on any atom is -0.365 e. The van der Waals surface area contributed by atoms with E-state index in [4.69, 9.17) is 11.6 Å². The van der Waals surface area contributed by atoms with Crippen molar-refractivity contribution >= 4 is 23.3 Å². The van der Waals surface area contributed by atoms with Gasteiger partial charge in [0.05, 0.1) is 0 Å². The lowest BCUT2D eigenvalue weighted by molar-refractivity contribution is 0.0945. The van der Waals surface area contributed by atoms with Gasteiger partial charge in [0.15, 0.2) is 5.69 Å². The smallest absolute Gasteiger partial charge is 0.272 e. The normalized spacial score (nSPS) is 10.3. The molecule has 7 heteroatoms. The molecule has 0 aliphatic rings. The monoisotopic (exact) mass is 353 g/mol. The van der Waals surface area contributed by atoms with Crippen LogP contribution in [-0.4, -0.2) is 21.1 Å². The molecular weight excluding hydrogens is 338 g/mol. The number of anilines is 1. The van der Waals surface area contributed by atoms with Gasteiger partial charge >= 0.3 is 0 Å². The number of hydrogen-bond donors (Lipinski definition) is 2. The molecule has 0 atom stereocenters. The maximum Gasteiger partial charge on any atom is 0.272 e. The third-order valence-electron chi connectivity index (χ3n) is 3.49. The SMILES string of the molecule is O=C(NCc1ccc(Cl)cc1)c1ccc(NCc2ccncc2)nn1. The van der Waals surface area contributed by atoms with Crippen LogP contribution in [0.5, 0.6) is 0 Å². The van der Waals surface area contributed by atoms with E-state index in [2.05, 4.69) is 25.8 Å². The Morgan fingerprint density at radius 1 is 0.880 bits per heavy atom. The van der Waals surface area contributed by atoms with Gasteiger partial charge in [0, 0.05) is 30.5 Å². The van der Waals surface area contributed by atoms with Gasteiger partial charge in [-0.1, -0.05) is 23.7 Å². The van der Waals surface area contributed by atoms with E-state index >= 15 is 0 Å². The van der Waals surface area contributed by atoms with Crippen LogP contribution >= 0.6 is 11.6 Å². The molecule has 0 bridgehead atoms. The number of carbonyl (C=O) groups is 1. The number of carbonyl (C=O) groups excluding carboxylic acids is 1. The zero-order valence-electron chi connectivity index (χ0n) is 13.3. The first-order chi connectivity index (χ1) is 12.2. The average molecular weight is 354 g/mol. The average Bonchev–Trinajstić information content (AvgIpc) is 2.67. The number of nitrogens with zero attached hydrogens (tertiary/aromatic N) is 3. The van der Waals surface area contributed by atoms with E-state index in [-0.39, 0.29) is 11.6 Å². The summed E-state index contributed by atoms with van der Waals surface area (Å²) in [6.45, 7) is 1.01. The molecule has 2 aromatic heterocycles. The van der Waals surface area contributed by atoms with Crippen molar-refractivity contribution in [2.24, 2.45) is 0 Å². The third kappa shape index (κ3) is 4.99. The Morgan fingerprint density at radius 2 is 1.60 bits per heavy atom. The maximum atomic E-state index is 12.1. The van der Waals surface area contributed by atoms with Gasteiger partial charge in [-0.15, -0.1) is 10.2 Å². The molecule has 6 nitrogen and oxygen atoms in total. The van der Waals surface area contributed by atoms with Crippen LogP contribution < -0.4 is 10.6 Å². The maximum absolute atomic E-state index is 12.1. The van der Waals surface area contributed by atoms with E-state index in [1.165, 1.54) is 0 Å². The molecule has 126 valence electrons. The van der Waals surface area contributed by atoms with Crippen LogP contribution in [0.3, 0.4) is 0 Å². The predicted molar refractivity (Wildman–Crippen MR) is 96.2 cm³/mol. The van der Waals surface area contributed by atoms with Gasteiger partial charge in [0.25, 0.3) is 5.91 Å². The Bertz CT molecular complexity index is 822. The van der Waals surface area contributed by atoms with E-state index in [0.717, 1.165) is 11.1 Å². The lowest BCUT2D eigenvalue weighted by atomic mass is 10.2. The number of halogens is 1. The van der Waals surface area contributed by atoms with Gasteiger partial charge in [0.1, 0.15) is 5.82 Å². The molecule has 2 N–H and O–H groups in total. The minimum atomic E-state index is -0.275. The van der Waals surface area contributed by atoms with Gasteiger partial charge in [-0.3, -0.25) is 9.78 Å². The molecule has 1 amide bonds. The van der Waals surface area contributed by atoms with E-state index in [1.807, 2.05) is 24.3 Å². The highest BCUT2D eigenvalue weighted by molar-refractivity contribution is 6.30. The summed E-state index contributed by atoms with van der Waals surface area (Å²) in [5.41, 5.74) is 2.31.